The summed E-state index contributed by atoms with van der Waals surface area (Å²) in [6, 6.07) is -0.0264. The van der Waals surface area contributed by atoms with Gasteiger partial charge in [-0.1, -0.05) is 13.8 Å². The SMILES string of the molecule is CCNCc1cn[nH]c1S(=O)(=O)NC1CCN(C)CC1C. The second-order valence-corrected chi connectivity index (χ2v) is 7.41. The van der Waals surface area contributed by atoms with Crippen molar-refractivity contribution >= 4 is 10.0 Å². The Morgan fingerprint density at radius 2 is 2.29 bits per heavy atom. The van der Waals surface area contributed by atoms with Gasteiger partial charge < -0.3 is 10.2 Å². The molecule has 8 heteroatoms. The quantitative estimate of drug-likeness (QED) is 0.695. The van der Waals surface area contributed by atoms with Crippen molar-refractivity contribution in [3.05, 3.63) is 11.8 Å². The first-order valence-corrected chi connectivity index (χ1v) is 8.86. The molecule has 2 rings (SSSR count). The zero-order valence-electron chi connectivity index (χ0n) is 12.9. The predicted octanol–water partition coefficient (Wildman–Crippen LogP) is 0.138. The summed E-state index contributed by atoms with van der Waals surface area (Å²) in [4.78, 5) is 2.22. The summed E-state index contributed by atoms with van der Waals surface area (Å²) >= 11 is 0. The van der Waals surface area contributed by atoms with Gasteiger partial charge in [0.1, 0.15) is 0 Å². The Hall–Kier alpha value is -0.960. The molecule has 1 aliphatic heterocycles. The molecule has 1 aromatic heterocycles. The summed E-state index contributed by atoms with van der Waals surface area (Å²) < 4.78 is 27.9. The molecule has 0 bridgehead atoms. The summed E-state index contributed by atoms with van der Waals surface area (Å²) in [6.45, 7) is 7.14. The van der Waals surface area contributed by atoms with Crippen LogP contribution in [-0.4, -0.2) is 56.2 Å². The molecule has 0 amide bonds. The van der Waals surface area contributed by atoms with Crippen LogP contribution in [0.3, 0.4) is 0 Å². The van der Waals surface area contributed by atoms with E-state index >= 15 is 0 Å². The van der Waals surface area contributed by atoms with E-state index in [0.717, 1.165) is 26.1 Å². The molecule has 7 nitrogen and oxygen atoms in total. The van der Waals surface area contributed by atoms with Crippen LogP contribution >= 0.6 is 0 Å². The van der Waals surface area contributed by atoms with Crippen molar-refractivity contribution in [2.45, 2.75) is 37.9 Å². The summed E-state index contributed by atoms with van der Waals surface area (Å²) in [6.07, 6.45) is 2.39. The number of aromatic amines is 1. The summed E-state index contributed by atoms with van der Waals surface area (Å²) in [5, 5.41) is 9.79. The van der Waals surface area contributed by atoms with Crippen LogP contribution in [0.2, 0.25) is 0 Å². The number of likely N-dealkylation sites (tertiary alicyclic amines) is 1. The molecule has 2 atom stereocenters. The van der Waals surface area contributed by atoms with Crippen LogP contribution < -0.4 is 10.0 Å². The molecule has 2 heterocycles. The minimum absolute atomic E-state index is 0.0264. The first kappa shape index (κ1) is 16.4. The maximum atomic E-state index is 12.5. The van der Waals surface area contributed by atoms with E-state index in [1.54, 1.807) is 6.20 Å². The van der Waals surface area contributed by atoms with Gasteiger partial charge in [-0.15, -0.1) is 0 Å². The van der Waals surface area contributed by atoms with E-state index in [4.69, 9.17) is 0 Å². The van der Waals surface area contributed by atoms with Crippen molar-refractivity contribution in [3.63, 3.8) is 0 Å². The molecule has 21 heavy (non-hydrogen) atoms. The second kappa shape index (κ2) is 6.87. The molecule has 0 spiro atoms. The van der Waals surface area contributed by atoms with E-state index in [1.807, 2.05) is 6.92 Å². The van der Waals surface area contributed by atoms with Crippen LogP contribution in [0.25, 0.3) is 0 Å². The van der Waals surface area contributed by atoms with Crippen LogP contribution in [0.4, 0.5) is 0 Å². The topological polar surface area (TPSA) is 90.1 Å². The highest BCUT2D eigenvalue weighted by Gasteiger charge is 2.30. The number of H-pyrrole nitrogens is 1. The van der Waals surface area contributed by atoms with Gasteiger partial charge in [-0.2, -0.15) is 5.10 Å². The van der Waals surface area contributed by atoms with E-state index in [2.05, 4.69) is 39.1 Å². The lowest BCUT2D eigenvalue weighted by Crippen LogP contribution is -2.49. The molecule has 120 valence electrons. The summed E-state index contributed by atoms with van der Waals surface area (Å²) in [5.74, 6) is 0.290. The van der Waals surface area contributed by atoms with Gasteiger partial charge in [0.25, 0.3) is 10.0 Å². The molecular weight excluding hydrogens is 290 g/mol. The number of rotatable bonds is 6. The third-order valence-electron chi connectivity index (χ3n) is 3.93. The number of sulfonamides is 1. The van der Waals surface area contributed by atoms with Crippen LogP contribution in [0.5, 0.6) is 0 Å². The van der Waals surface area contributed by atoms with Crippen molar-refractivity contribution < 1.29 is 8.42 Å². The predicted molar refractivity (Wildman–Crippen MR) is 81.4 cm³/mol. The molecule has 1 aromatic rings. The Bertz CT molecular complexity index is 557. The number of piperidine rings is 1. The van der Waals surface area contributed by atoms with Gasteiger partial charge in [0.15, 0.2) is 5.03 Å². The molecule has 0 saturated carbocycles. The second-order valence-electron chi connectivity index (χ2n) is 5.76. The van der Waals surface area contributed by atoms with Crippen molar-refractivity contribution in [1.29, 1.82) is 0 Å². The van der Waals surface area contributed by atoms with Crippen LogP contribution in [0, 0.1) is 5.92 Å². The fourth-order valence-electron chi connectivity index (χ4n) is 2.70. The molecule has 0 aliphatic carbocycles. The third kappa shape index (κ3) is 4.03. The summed E-state index contributed by atoms with van der Waals surface area (Å²) in [7, 11) is -1.49. The smallest absolute Gasteiger partial charge is 0.258 e. The maximum Gasteiger partial charge on any atom is 0.258 e. The number of aromatic nitrogens is 2. The average molecular weight is 315 g/mol. The van der Waals surface area contributed by atoms with Gasteiger partial charge >= 0.3 is 0 Å². The van der Waals surface area contributed by atoms with E-state index < -0.39 is 10.0 Å². The standard InChI is InChI=1S/C13H25N5O2S/c1-4-14-7-11-8-15-16-13(11)21(19,20)17-12-5-6-18(3)9-10(12)2/h8,10,12,14,17H,4-7,9H2,1-3H3,(H,15,16). The lowest BCUT2D eigenvalue weighted by Gasteiger charge is -2.34. The van der Waals surface area contributed by atoms with Crippen molar-refractivity contribution in [1.82, 2.24) is 25.1 Å². The Kier molecular flexibility index (Phi) is 5.37. The Morgan fingerprint density at radius 1 is 1.52 bits per heavy atom. The van der Waals surface area contributed by atoms with Gasteiger partial charge in [-0.25, -0.2) is 13.1 Å². The Balaban J connectivity index is 2.10. The van der Waals surface area contributed by atoms with E-state index in [0.29, 0.717) is 18.0 Å². The number of nitrogens with one attached hydrogen (secondary N) is 3. The zero-order valence-corrected chi connectivity index (χ0v) is 13.7. The first-order chi connectivity index (χ1) is 9.94. The minimum Gasteiger partial charge on any atom is -0.313 e. The fourth-order valence-corrected chi connectivity index (χ4v) is 4.21. The molecule has 0 radical (unpaired) electrons. The molecule has 1 fully saturated rings. The zero-order chi connectivity index (χ0) is 15.5. The van der Waals surface area contributed by atoms with Gasteiger partial charge in [0.05, 0.1) is 6.20 Å². The van der Waals surface area contributed by atoms with Gasteiger partial charge in [0, 0.05) is 24.7 Å². The molecule has 2 unspecified atom stereocenters. The lowest BCUT2D eigenvalue weighted by molar-refractivity contribution is 0.188. The average Bonchev–Trinajstić information content (AvgIpc) is 2.89. The third-order valence-corrected chi connectivity index (χ3v) is 5.43. The Labute approximate surface area is 126 Å². The molecule has 3 N–H and O–H groups in total. The monoisotopic (exact) mass is 315 g/mol. The highest BCUT2D eigenvalue weighted by Crippen LogP contribution is 2.19. The van der Waals surface area contributed by atoms with Crippen LogP contribution in [0.1, 0.15) is 25.8 Å². The Morgan fingerprint density at radius 3 is 2.95 bits per heavy atom. The molecule has 1 aliphatic rings. The van der Waals surface area contributed by atoms with Crippen LogP contribution in [-0.2, 0) is 16.6 Å². The largest absolute Gasteiger partial charge is 0.313 e. The van der Waals surface area contributed by atoms with Crippen molar-refractivity contribution in [3.8, 4) is 0 Å². The van der Waals surface area contributed by atoms with E-state index in [1.165, 1.54) is 0 Å². The minimum atomic E-state index is -3.55. The van der Waals surface area contributed by atoms with Gasteiger partial charge in [-0.3, -0.25) is 5.10 Å². The fraction of sp³-hybridized carbons (Fsp3) is 0.769. The van der Waals surface area contributed by atoms with Crippen LogP contribution in [0.15, 0.2) is 11.2 Å². The highest BCUT2D eigenvalue weighted by molar-refractivity contribution is 7.89. The van der Waals surface area contributed by atoms with E-state index in [-0.39, 0.29) is 11.1 Å². The normalized spacial score (nSPS) is 24.3. The van der Waals surface area contributed by atoms with Gasteiger partial charge in [0.2, 0.25) is 0 Å². The van der Waals surface area contributed by atoms with E-state index in [9.17, 15) is 8.42 Å². The molecule has 1 saturated heterocycles. The first-order valence-electron chi connectivity index (χ1n) is 7.38. The summed E-state index contributed by atoms with van der Waals surface area (Å²) in [5.41, 5.74) is 0.671. The lowest BCUT2D eigenvalue weighted by atomic mass is 9.95. The molecular formula is C13H25N5O2S. The van der Waals surface area contributed by atoms with Gasteiger partial charge in [-0.05, 0) is 32.5 Å². The number of hydrogen-bond donors (Lipinski definition) is 3. The number of hydrogen-bond acceptors (Lipinski definition) is 5. The number of nitrogens with zero attached hydrogens (tertiary/aromatic N) is 2. The van der Waals surface area contributed by atoms with Crippen molar-refractivity contribution in [2.75, 3.05) is 26.7 Å². The molecule has 0 aromatic carbocycles. The maximum absolute atomic E-state index is 12.5. The highest BCUT2D eigenvalue weighted by atomic mass is 32.2. The van der Waals surface area contributed by atoms with Crippen molar-refractivity contribution in [2.24, 2.45) is 5.92 Å².